The first-order chi connectivity index (χ1) is 20.4. The molecule has 0 aliphatic carbocycles. The quantitative estimate of drug-likeness (QED) is 0.239. The summed E-state index contributed by atoms with van der Waals surface area (Å²) in [5.41, 5.74) is 4.22. The molecule has 232 valence electrons. The Kier molecular flexibility index (Phi) is 9.53. The number of hydrogen-bond donors (Lipinski definition) is 0. The van der Waals surface area contributed by atoms with E-state index in [9.17, 15) is 9.59 Å². The number of aryl methyl sites for hydroxylation is 1. The van der Waals surface area contributed by atoms with Gasteiger partial charge in [-0.2, -0.15) is 4.98 Å². The fourth-order valence-electron chi connectivity index (χ4n) is 5.83. The Hall–Kier alpha value is -4.18. The molecular formula is C33H41ClN8O2. The summed E-state index contributed by atoms with van der Waals surface area (Å²) in [5, 5.41) is 1.02. The molecule has 5 heterocycles. The molecule has 4 aromatic heterocycles. The van der Waals surface area contributed by atoms with Gasteiger partial charge in [-0.3, -0.25) is 9.78 Å². The van der Waals surface area contributed by atoms with Gasteiger partial charge >= 0.3 is 5.69 Å². The van der Waals surface area contributed by atoms with Crippen LogP contribution in [0, 0.1) is 6.92 Å². The van der Waals surface area contributed by atoms with E-state index in [1.54, 1.807) is 21.9 Å². The minimum atomic E-state index is -0.473. The van der Waals surface area contributed by atoms with Crippen LogP contribution in [0.15, 0.2) is 48.3 Å². The van der Waals surface area contributed by atoms with Gasteiger partial charge in [-0.15, -0.1) is 0 Å². The fourth-order valence-corrected chi connectivity index (χ4v) is 6.08. The Morgan fingerprint density at radius 2 is 1.77 bits per heavy atom. The molecule has 0 aromatic carbocycles. The molecule has 1 saturated heterocycles. The highest BCUT2D eigenvalue weighted by atomic mass is 35.5. The van der Waals surface area contributed by atoms with Crippen molar-refractivity contribution >= 4 is 34.4 Å². The van der Waals surface area contributed by atoms with Crippen LogP contribution in [0.4, 0.5) is 5.82 Å². The van der Waals surface area contributed by atoms with E-state index in [2.05, 4.69) is 31.4 Å². The lowest BCUT2D eigenvalue weighted by molar-refractivity contribution is -0.128. The molecular weight excluding hydrogens is 576 g/mol. The predicted octanol–water partition coefficient (Wildman–Crippen LogP) is 6.09. The van der Waals surface area contributed by atoms with Crippen molar-refractivity contribution < 1.29 is 4.79 Å². The van der Waals surface area contributed by atoms with Crippen molar-refractivity contribution in [2.24, 2.45) is 0 Å². The second-order valence-corrected chi connectivity index (χ2v) is 12.2. The van der Waals surface area contributed by atoms with E-state index in [-0.39, 0.29) is 37.3 Å². The number of rotatable bonds is 6. The third kappa shape index (κ3) is 5.70. The minimum absolute atomic E-state index is 0. The largest absolute Gasteiger partial charge is 0.355 e. The van der Waals surface area contributed by atoms with E-state index in [1.165, 1.54) is 12.4 Å². The molecule has 0 N–H and O–H groups in total. The molecule has 1 aliphatic heterocycles. The van der Waals surface area contributed by atoms with Crippen LogP contribution in [-0.4, -0.2) is 65.5 Å². The second kappa shape index (κ2) is 12.8. The number of aromatic nitrogens is 6. The topological polar surface area (TPSA) is 110 Å². The minimum Gasteiger partial charge on any atom is -0.349 e. The van der Waals surface area contributed by atoms with Gasteiger partial charge < -0.3 is 9.80 Å². The first-order valence-electron chi connectivity index (χ1n) is 14.5. The smallest absolute Gasteiger partial charge is 0.349 e. The van der Waals surface area contributed by atoms with E-state index in [0.717, 1.165) is 17.0 Å². The van der Waals surface area contributed by atoms with Crippen LogP contribution >= 0.6 is 11.6 Å². The summed E-state index contributed by atoms with van der Waals surface area (Å²) in [6, 6.07) is 3.44. The molecule has 2 atom stereocenters. The number of hydrogen-bond acceptors (Lipinski definition) is 8. The third-order valence-corrected chi connectivity index (χ3v) is 8.28. The summed E-state index contributed by atoms with van der Waals surface area (Å²) in [7, 11) is 0. The number of halogens is 1. The fraction of sp³-hybridized carbons (Fsp3) is 0.424. The number of carbonyl (C=O) groups is 1. The van der Waals surface area contributed by atoms with Crippen LogP contribution in [0.2, 0.25) is 5.02 Å². The van der Waals surface area contributed by atoms with Crippen molar-refractivity contribution in [3.8, 4) is 16.9 Å². The first-order valence-corrected chi connectivity index (χ1v) is 14.9. The van der Waals surface area contributed by atoms with Crippen molar-refractivity contribution in [3.05, 3.63) is 76.0 Å². The molecule has 0 unspecified atom stereocenters. The van der Waals surface area contributed by atoms with Crippen LogP contribution < -0.4 is 10.6 Å². The maximum atomic E-state index is 14.2. The number of fused-ring (bicyclic) bond motifs is 1. The zero-order valence-corrected chi connectivity index (χ0v) is 26.4. The van der Waals surface area contributed by atoms with Crippen LogP contribution in [0.1, 0.15) is 77.8 Å². The summed E-state index contributed by atoms with van der Waals surface area (Å²) in [4.78, 5) is 53.7. The van der Waals surface area contributed by atoms with Crippen LogP contribution in [-0.2, 0) is 4.79 Å². The van der Waals surface area contributed by atoms with Crippen molar-refractivity contribution in [3.63, 3.8) is 0 Å². The molecule has 1 amide bonds. The number of piperazine rings is 1. The van der Waals surface area contributed by atoms with Gasteiger partial charge in [0.05, 0.1) is 33.2 Å². The molecule has 1 fully saturated rings. The molecule has 0 bridgehead atoms. The van der Waals surface area contributed by atoms with E-state index in [0.29, 0.717) is 51.9 Å². The van der Waals surface area contributed by atoms with Crippen LogP contribution in [0.3, 0.4) is 0 Å². The highest BCUT2D eigenvalue weighted by molar-refractivity contribution is 6.34. The van der Waals surface area contributed by atoms with Crippen LogP contribution in [0.25, 0.3) is 28.0 Å². The SMILES string of the molecule is C.C=CC(=O)N1C[C@H](C)N(c2nc(=O)n(-c3c(C)ccnc3C(C)C)c3nc(-c4cncnc4C(C)C)c(Cl)cc23)C[C@H]1C. The molecule has 11 heteroatoms. The third-order valence-electron chi connectivity index (χ3n) is 7.99. The molecule has 1 aliphatic rings. The summed E-state index contributed by atoms with van der Waals surface area (Å²) in [6.07, 6.45) is 6.31. The van der Waals surface area contributed by atoms with Gasteiger partial charge in [0.25, 0.3) is 0 Å². The maximum absolute atomic E-state index is 14.2. The van der Waals surface area contributed by atoms with Gasteiger partial charge in [-0.25, -0.2) is 24.3 Å². The average Bonchev–Trinajstić information content (AvgIpc) is 2.97. The molecule has 0 spiro atoms. The molecule has 0 saturated carbocycles. The summed E-state index contributed by atoms with van der Waals surface area (Å²) < 4.78 is 1.56. The Morgan fingerprint density at radius 3 is 2.43 bits per heavy atom. The van der Waals surface area contributed by atoms with Gasteiger partial charge in [0, 0.05) is 43.1 Å². The van der Waals surface area contributed by atoms with Gasteiger partial charge in [-0.05, 0) is 56.4 Å². The standard InChI is InChI=1S/C32H37ClN8O2.CH4/c1-9-25(42)39-14-21(8)40(15-20(39)7)30-22-12-24(33)28(23-13-34-16-36-26(23)17(2)3)37-31(22)41(32(43)38-30)29-19(6)10-11-35-27(29)18(4)5;/h9-13,16-18,20-21H,1,14-15H2,2-8H3;1H4/t20-,21+;/m1./s1. The van der Waals surface area contributed by atoms with Gasteiger partial charge in [0.15, 0.2) is 5.65 Å². The Bertz CT molecular complexity index is 1780. The number of pyridine rings is 2. The zero-order valence-electron chi connectivity index (χ0n) is 25.7. The Labute approximate surface area is 263 Å². The van der Waals surface area contributed by atoms with Gasteiger partial charge in [0.1, 0.15) is 12.1 Å². The van der Waals surface area contributed by atoms with Gasteiger partial charge in [0.2, 0.25) is 5.91 Å². The van der Waals surface area contributed by atoms with Crippen molar-refractivity contribution in [2.45, 2.75) is 79.8 Å². The molecule has 5 rings (SSSR count). The van der Waals surface area contributed by atoms with Crippen molar-refractivity contribution in [2.75, 3.05) is 18.0 Å². The number of amides is 1. The number of anilines is 1. The van der Waals surface area contributed by atoms with Gasteiger partial charge in [-0.1, -0.05) is 53.3 Å². The monoisotopic (exact) mass is 616 g/mol. The summed E-state index contributed by atoms with van der Waals surface area (Å²) in [5.74, 6) is 0.477. The zero-order chi connectivity index (χ0) is 31.2. The molecule has 4 aromatic rings. The Balaban J connectivity index is 0.00000442. The first kappa shape index (κ1) is 32.7. The van der Waals surface area contributed by atoms with E-state index in [4.69, 9.17) is 16.6 Å². The second-order valence-electron chi connectivity index (χ2n) is 11.8. The van der Waals surface area contributed by atoms with Crippen molar-refractivity contribution in [1.29, 1.82) is 0 Å². The molecule has 44 heavy (non-hydrogen) atoms. The average molecular weight is 617 g/mol. The number of nitrogens with zero attached hydrogens (tertiary/aromatic N) is 8. The normalized spacial score (nSPS) is 16.9. The van der Waals surface area contributed by atoms with E-state index in [1.807, 2.05) is 60.6 Å². The maximum Gasteiger partial charge on any atom is 0.355 e. The van der Waals surface area contributed by atoms with Crippen molar-refractivity contribution in [1.82, 2.24) is 34.4 Å². The number of carbonyl (C=O) groups excluding carboxylic acids is 1. The molecule has 0 radical (unpaired) electrons. The highest BCUT2D eigenvalue weighted by Gasteiger charge is 2.34. The molecule has 10 nitrogen and oxygen atoms in total. The van der Waals surface area contributed by atoms with E-state index < -0.39 is 5.69 Å². The predicted molar refractivity (Wildman–Crippen MR) is 177 cm³/mol. The van der Waals surface area contributed by atoms with Crippen LogP contribution in [0.5, 0.6) is 0 Å². The summed E-state index contributed by atoms with van der Waals surface area (Å²) in [6.45, 7) is 18.7. The lowest BCUT2D eigenvalue weighted by atomic mass is 10.0. The Morgan fingerprint density at radius 1 is 1.07 bits per heavy atom. The highest BCUT2D eigenvalue weighted by Crippen LogP contribution is 2.37. The summed E-state index contributed by atoms with van der Waals surface area (Å²) >= 11 is 7.00. The lowest BCUT2D eigenvalue weighted by Crippen LogP contribution is -2.58. The lowest BCUT2D eigenvalue weighted by Gasteiger charge is -2.44. The van der Waals surface area contributed by atoms with E-state index >= 15 is 0 Å².